The second-order valence-corrected chi connectivity index (χ2v) is 5.18. The quantitative estimate of drug-likeness (QED) is 0.648. The van der Waals surface area contributed by atoms with E-state index in [-0.39, 0.29) is 5.91 Å². The summed E-state index contributed by atoms with van der Waals surface area (Å²) in [4.78, 5) is 16.2. The molecular weight excluding hydrogens is 330 g/mol. The zero-order valence-corrected chi connectivity index (χ0v) is 12.4. The zero-order valence-electron chi connectivity index (χ0n) is 10.1. The van der Waals surface area contributed by atoms with E-state index in [2.05, 4.69) is 26.2 Å². The molecule has 0 saturated carbocycles. The summed E-state index contributed by atoms with van der Waals surface area (Å²) in [6.45, 7) is 1.89. The SMILES string of the molecule is Cc1cc(NC(=O)c2cc(N)ccc2Cl)cnc1Br. The highest BCUT2D eigenvalue weighted by Gasteiger charge is 2.11. The van der Waals surface area contributed by atoms with Gasteiger partial charge in [-0.25, -0.2) is 4.98 Å². The van der Waals surface area contributed by atoms with Gasteiger partial charge in [-0.05, 0) is 52.7 Å². The Labute approximate surface area is 124 Å². The van der Waals surface area contributed by atoms with Gasteiger partial charge in [-0.1, -0.05) is 11.6 Å². The Bertz CT molecular complexity index is 646. The van der Waals surface area contributed by atoms with E-state index in [4.69, 9.17) is 17.3 Å². The summed E-state index contributed by atoms with van der Waals surface area (Å²) in [6, 6.07) is 6.59. The average Bonchev–Trinajstić information content (AvgIpc) is 2.36. The number of halogens is 2. The molecule has 98 valence electrons. The van der Waals surface area contributed by atoms with E-state index in [1.54, 1.807) is 18.3 Å². The number of hydrogen-bond donors (Lipinski definition) is 2. The number of aryl methyl sites for hydroxylation is 1. The molecule has 2 aromatic rings. The first-order valence-corrected chi connectivity index (χ1v) is 6.63. The topological polar surface area (TPSA) is 68.0 Å². The number of nitrogens with two attached hydrogens (primary N) is 1. The predicted molar refractivity (Wildman–Crippen MR) is 80.5 cm³/mol. The van der Waals surface area contributed by atoms with Crippen molar-refractivity contribution in [1.29, 1.82) is 0 Å². The fraction of sp³-hybridized carbons (Fsp3) is 0.0769. The summed E-state index contributed by atoms with van der Waals surface area (Å²) in [5, 5.41) is 3.09. The van der Waals surface area contributed by atoms with Gasteiger partial charge in [0.15, 0.2) is 0 Å². The van der Waals surface area contributed by atoms with Crippen LogP contribution < -0.4 is 11.1 Å². The van der Waals surface area contributed by atoms with Gasteiger partial charge in [0.2, 0.25) is 0 Å². The number of aromatic nitrogens is 1. The van der Waals surface area contributed by atoms with Crippen LogP contribution in [0.4, 0.5) is 11.4 Å². The summed E-state index contributed by atoms with van der Waals surface area (Å²) in [7, 11) is 0. The molecule has 4 nitrogen and oxygen atoms in total. The number of pyridine rings is 1. The molecule has 0 saturated heterocycles. The molecule has 0 aliphatic heterocycles. The van der Waals surface area contributed by atoms with Gasteiger partial charge in [0, 0.05) is 5.69 Å². The van der Waals surface area contributed by atoms with Gasteiger partial charge < -0.3 is 11.1 Å². The van der Waals surface area contributed by atoms with E-state index in [1.807, 2.05) is 13.0 Å². The number of carbonyl (C=O) groups is 1. The first-order valence-electron chi connectivity index (χ1n) is 5.46. The summed E-state index contributed by atoms with van der Waals surface area (Å²) in [5.74, 6) is -0.319. The maximum atomic E-state index is 12.1. The summed E-state index contributed by atoms with van der Waals surface area (Å²) in [6.07, 6.45) is 1.56. The lowest BCUT2D eigenvalue weighted by molar-refractivity contribution is 0.102. The molecular formula is C13H11BrClN3O. The summed E-state index contributed by atoms with van der Waals surface area (Å²) >= 11 is 9.27. The molecule has 3 N–H and O–H groups in total. The molecule has 1 heterocycles. The van der Waals surface area contributed by atoms with E-state index in [1.165, 1.54) is 6.07 Å². The maximum Gasteiger partial charge on any atom is 0.257 e. The fourth-order valence-electron chi connectivity index (χ4n) is 1.54. The number of nitrogens with zero attached hydrogens (tertiary/aromatic N) is 1. The van der Waals surface area contributed by atoms with E-state index < -0.39 is 0 Å². The Morgan fingerprint density at radius 2 is 2.16 bits per heavy atom. The van der Waals surface area contributed by atoms with Crippen LogP contribution in [0.25, 0.3) is 0 Å². The van der Waals surface area contributed by atoms with Gasteiger partial charge in [-0.3, -0.25) is 4.79 Å². The van der Waals surface area contributed by atoms with E-state index in [0.717, 1.165) is 10.2 Å². The van der Waals surface area contributed by atoms with Crippen molar-refractivity contribution in [3.05, 3.63) is 51.2 Å². The Hall–Kier alpha value is -1.59. The Morgan fingerprint density at radius 3 is 2.84 bits per heavy atom. The molecule has 0 atom stereocenters. The molecule has 0 spiro atoms. The first kappa shape index (κ1) is 13.8. The normalized spacial score (nSPS) is 10.3. The van der Waals surface area contributed by atoms with Crippen LogP contribution in [0.5, 0.6) is 0 Å². The molecule has 1 amide bonds. The van der Waals surface area contributed by atoms with Gasteiger partial charge in [0.1, 0.15) is 4.60 Å². The van der Waals surface area contributed by atoms with Crippen LogP contribution in [0.15, 0.2) is 35.1 Å². The highest BCUT2D eigenvalue weighted by molar-refractivity contribution is 9.10. The zero-order chi connectivity index (χ0) is 14.0. The second-order valence-electron chi connectivity index (χ2n) is 4.03. The van der Waals surface area contributed by atoms with Crippen molar-refractivity contribution < 1.29 is 4.79 Å². The molecule has 0 bridgehead atoms. The number of amides is 1. The number of hydrogen-bond acceptors (Lipinski definition) is 3. The second kappa shape index (κ2) is 5.59. The van der Waals surface area contributed by atoms with Crippen LogP contribution in [0.1, 0.15) is 15.9 Å². The first-order chi connectivity index (χ1) is 8.97. The van der Waals surface area contributed by atoms with Crippen LogP contribution in [0.3, 0.4) is 0 Å². The number of benzene rings is 1. The molecule has 0 radical (unpaired) electrons. The largest absolute Gasteiger partial charge is 0.399 e. The van der Waals surface area contributed by atoms with Gasteiger partial charge in [-0.2, -0.15) is 0 Å². The van der Waals surface area contributed by atoms with E-state index in [9.17, 15) is 4.79 Å². The molecule has 2 rings (SSSR count). The third-order valence-electron chi connectivity index (χ3n) is 2.51. The van der Waals surface area contributed by atoms with E-state index in [0.29, 0.717) is 22.0 Å². The van der Waals surface area contributed by atoms with Crippen LogP contribution in [0, 0.1) is 6.92 Å². The molecule has 0 aliphatic carbocycles. The minimum atomic E-state index is -0.319. The number of carbonyl (C=O) groups excluding carboxylic acids is 1. The third kappa shape index (κ3) is 3.24. The molecule has 1 aromatic heterocycles. The number of rotatable bonds is 2. The summed E-state index contributed by atoms with van der Waals surface area (Å²) in [5.41, 5.74) is 8.00. The number of nitrogen functional groups attached to an aromatic ring is 1. The highest BCUT2D eigenvalue weighted by atomic mass is 79.9. The van der Waals surface area contributed by atoms with Crippen molar-refractivity contribution in [3.8, 4) is 0 Å². The third-order valence-corrected chi connectivity index (χ3v) is 3.67. The predicted octanol–water partition coefficient (Wildman–Crippen LogP) is 3.64. The minimum absolute atomic E-state index is 0.319. The Morgan fingerprint density at radius 1 is 1.42 bits per heavy atom. The molecule has 6 heteroatoms. The van der Waals surface area contributed by atoms with Crippen molar-refractivity contribution in [2.24, 2.45) is 0 Å². The average molecular weight is 341 g/mol. The molecule has 19 heavy (non-hydrogen) atoms. The molecule has 0 fully saturated rings. The van der Waals surface area contributed by atoms with Gasteiger partial charge in [-0.15, -0.1) is 0 Å². The van der Waals surface area contributed by atoms with Crippen molar-refractivity contribution in [3.63, 3.8) is 0 Å². The van der Waals surface area contributed by atoms with Crippen molar-refractivity contribution in [2.45, 2.75) is 6.92 Å². The molecule has 0 unspecified atom stereocenters. The van der Waals surface area contributed by atoms with Crippen LogP contribution in [-0.2, 0) is 0 Å². The Balaban J connectivity index is 2.25. The van der Waals surface area contributed by atoms with Crippen molar-refractivity contribution in [2.75, 3.05) is 11.1 Å². The standard InChI is InChI=1S/C13H11BrClN3O/c1-7-4-9(6-17-12(7)14)18-13(19)10-5-8(16)2-3-11(10)15/h2-6H,16H2,1H3,(H,18,19). The highest BCUT2D eigenvalue weighted by Crippen LogP contribution is 2.21. The van der Waals surface area contributed by atoms with Crippen molar-refractivity contribution >= 4 is 44.8 Å². The smallest absolute Gasteiger partial charge is 0.257 e. The van der Waals surface area contributed by atoms with E-state index >= 15 is 0 Å². The van der Waals surface area contributed by atoms with Crippen molar-refractivity contribution in [1.82, 2.24) is 4.98 Å². The van der Waals surface area contributed by atoms with Crippen LogP contribution >= 0.6 is 27.5 Å². The Kier molecular flexibility index (Phi) is 4.07. The number of anilines is 2. The monoisotopic (exact) mass is 339 g/mol. The minimum Gasteiger partial charge on any atom is -0.399 e. The van der Waals surface area contributed by atoms with Crippen LogP contribution in [-0.4, -0.2) is 10.9 Å². The van der Waals surface area contributed by atoms with Gasteiger partial charge in [0.05, 0.1) is 22.5 Å². The van der Waals surface area contributed by atoms with Gasteiger partial charge >= 0.3 is 0 Å². The molecule has 1 aromatic carbocycles. The number of nitrogens with one attached hydrogen (secondary N) is 1. The lowest BCUT2D eigenvalue weighted by Crippen LogP contribution is -2.13. The van der Waals surface area contributed by atoms with Crippen LogP contribution in [0.2, 0.25) is 5.02 Å². The fourth-order valence-corrected chi connectivity index (χ4v) is 1.96. The maximum absolute atomic E-state index is 12.1. The molecule has 0 aliphatic rings. The lowest BCUT2D eigenvalue weighted by Gasteiger charge is -2.08. The van der Waals surface area contributed by atoms with Gasteiger partial charge in [0.25, 0.3) is 5.91 Å². The lowest BCUT2D eigenvalue weighted by atomic mass is 10.2. The summed E-state index contributed by atoms with van der Waals surface area (Å²) < 4.78 is 0.743.